The number of hydrogen-bond acceptors (Lipinski definition) is 3. The van der Waals surface area contributed by atoms with Gasteiger partial charge in [0.1, 0.15) is 4.75 Å². The van der Waals surface area contributed by atoms with Crippen molar-refractivity contribution < 1.29 is 0 Å². The van der Waals surface area contributed by atoms with E-state index in [1.165, 1.54) is 5.57 Å². The van der Waals surface area contributed by atoms with Gasteiger partial charge in [0, 0.05) is 19.6 Å². The van der Waals surface area contributed by atoms with Crippen molar-refractivity contribution in [1.29, 1.82) is 5.26 Å². The minimum absolute atomic E-state index is 0.110. The third-order valence-electron chi connectivity index (χ3n) is 3.02. The van der Waals surface area contributed by atoms with E-state index >= 15 is 0 Å². The van der Waals surface area contributed by atoms with Gasteiger partial charge in [-0.15, -0.1) is 11.8 Å². The van der Waals surface area contributed by atoms with E-state index in [9.17, 15) is 0 Å². The van der Waals surface area contributed by atoms with Crippen LogP contribution in [0.15, 0.2) is 11.6 Å². The molecule has 0 radical (unpaired) electrons. The number of nitrogens with zero attached hydrogens (tertiary/aromatic N) is 2. The third-order valence-corrected chi connectivity index (χ3v) is 4.30. The van der Waals surface area contributed by atoms with Crippen LogP contribution in [0, 0.1) is 11.3 Å². The molecule has 0 unspecified atom stereocenters. The smallest absolute Gasteiger partial charge is 0.104 e. The summed E-state index contributed by atoms with van der Waals surface area (Å²) in [6, 6.07) is 2.47. The Morgan fingerprint density at radius 3 is 2.47 bits per heavy atom. The van der Waals surface area contributed by atoms with Gasteiger partial charge in [-0.05, 0) is 32.9 Å². The Balaban J connectivity index is 2.42. The van der Waals surface area contributed by atoms with Gasteiger partial charge in [-0.2, -0.15) is 5.26 Å². The second-order valence-corrected chi connectivity index (χ2v) is 5.58. The van der Waals surface area contributed by atoms with E-state index in [1.807, 2.05) is 0 Å². The SMILES string of the molecule is CSC1(C#N)CCN(CC=C(C)C)CC1. The number of allylic oxidation sites excluding steroid dienone is 1. The minimum atomic E-state index is -0.110. The van der Waals surface area contributed by atoms with Crippen molar-refractivity contribution in [3.05, 3.63) is 11.6 Å². The highest BCUT2D eigenvalue weighted by Gasteiger charge is 2.33. The van der Waals surface area contributed by atoms with Crippen LogP contribution in [0.1, 0.15) is 26.7 Å². The van der Waals surface area contributed by atoms with E-state index in [2.05, 4.69) is 37.1 Å². The highest BCUT2D eigenvalue weighted by Crippen LogP contribution is 2.33. The number of likely N-dealkylation sites (tertiary alicyclic amines) is 1. The standard InChI is InChI=1S/C12H20N2S/c1-11(2)4-7-14-8-5-12(10-13,15-3)6-9-14/h4H,5-9H2,1-3H3. The van der Waals surface area contributed by atoms with Crippen LogP contribution in [0.5, 0.6) is 0 Å². The molecule has 0 N–H and O–H groups in total. The fourth-order valence-electron chi connectivity index (χ4n) is 1.77. The molecule has 0 spiro atoms. The highest BCUT2D eigenvalue weighted by atomic mass is 32.2. The quantitative estimate of drug-likeness (QED) is 0.690. The first-order valence-corrected chi connectivity index (χ1v) is 6.66. The molecule has 1 heterocycles. The first-order valence-electron chi connectivity index (χ1n) is 5.44. The molecule has 0 aliphatic carbocycles. The topological polar surface area (TPSA) is 27.0 Å². The summed E-state index contributed by atoms with van der Waals surface area (Å²) in [6.07, 6.45) is 6.32. The van der Waals surface area contributed by atoms with Gasteiger partial charge in [-0.3, -0.25) is 4.90 Å². The summed E-state index contributed by atoms with van der Waals surface area (Å²) >= 11 is 1.72. The van der Waals surface area contributed by atoms with Crippen molar-refractivity contribution in [1.82, 2.24) is 4.90 Å². The Bertz CT molecular complexity index is 266. The molecule has 0 saturated carbocycles. The first kappa shape index (κ1) is 12.6. The monoisotopic (exact) mass is 224 g/mol. The van der Waals surface area contributed by atoms with E-state index in [0.29, 0.717) is 0 Å². The van der Waals surface area contributed by atoms with Crippen LogP contribution in [-0.2, 0) is 0 Å². The highest BCUT2D eigenvalue weighted by molar-refractivity contribution is 8.00. The van der Waals surface area contributed by atoms with Crippen LogP contribution in [0.25, 0.3) is 0 Å². The molecular formula is C12H20N2S. The lowest BCUT2D eigenvalue weighted by Gasteiger charge is -2.35. The number of piperidine rings is 1. The zero-order valence-electron chi connectivity index (χ0n) is 9.92. The summed E-state index contributed by atoms with van der Waals surface area (Å²) in [4.78, 5) is 2.43. The van der Waals surface area contributed by atoms with E-state index in [4.69, 9.17) is 5.26 Å². The van der Waals surface area contributed by atoms with Crippen LogP contribution in [0.4, 0.5) is 0 Å². The van der Waals surface area contributed by atoms with Crippen molar-refractivity contribution in [2.24, 2.45) is 0 Å². The lowest BCUT2D eigenvalue weighted by atomic mass is 9.97. The molecule has 1 fully saturated rings. The Labute approximate surface area is 97.3 Å². The molecule has 1 rings (SSSR count). The maximum atomic E-state index is 9.14. The predicted octanol–water partition coefficient (Wildman–Crippen LogP) is 2.67. The van der Waals surface area contributed by atoms with Gasteiger partial charge in [0.15, 0.2) is 0 Å². The van der Waals surface area contributed by atoms with Crippen molar-refractivity contribution >= 4 is 11.8 Å². The molecule has 0 atom stereocenters. The lowest BCUT2D eigenvalue weighted by Crippen LogP contribution is -2.41. The van der Waals surface area contributed by atoms with Crippen LogP contribution < -0.4 is 0 Å². The molecule has 0 amide bonds. The summed E-state index contributed by atoms with van der Waals surface area (Å²) in [5, 5.41) is 9.14. The fraction of sp³-hybridized carbons (Fsp3) is 0.750. The number of nitriles is 1. The molecule has 0 aromatic carbocycles. The number of rotatable bonds is 3. The zero-order chi connectivity index (χ0) is 11.3. The zero-order valence-corrected chi connectivity index (χ0v) is 10.7. The number of hydrogen-bond donors (Lipinski definition) is 0. The Morgan fingerprint density at radius 2 is 2.07 bits per heavy atom. The molecule has 1 saturated heterocycles. The van der Waals surface area contributed by atoms with Gasteiger partial charge in [0.05, 0.1) is 6.07 Å². The van der Waals surface area contributed by atoms with Crippen LogP contribution in [0.2, 0.25) is 0 Å². The van der Waals surface area contributed by atoms with Crippen molar-refractivity contribution in [2.75, 3.05) is 25.9 Å². The van der Waals surface area contributed by atoms with Crippen molar-refractivity contribution in [2.45, 2.75) is 31.4 Å². The molecule has 84 valence electrons. The largest absolute Gasteiger partial charge is 0.300 e. The third kappa shape index (κ3) is 3.55. The van der Waals surface area contributed by atoms with E-state index in [-0.39, 0.29) is 4.75 Å². The average molecular weight is 224 g/mol. The van der Waals surface area contributed by atoms with Gasteiger partial charge in [0.25, 0.3) is 0 Å². The number of thioether (sulfide) groups is 1. The van der Waals surface area contributed by atoms with Crippen molar-refractivity contribution in [3.8, 4) is 6.07 Å². The van der Waals surface area contributed by atoms with Gasteiger partial charge >= 0.3 is 0 Å². The summed E-state index contributed by atoms with van der Waals surface area (Å²) in [5.41, 5.74) is 1.37. The maximum Gasteiger partial charge on any atom is 0.104 e. The predicted molar refractivity (Wildman–Crippen MR) is 67.0 cm³/mol. The lowest BCUT2D eigenvalue weighted by molar-refractivity contribution is 0.237. The summed E-state index contributed by atoms with van der Waals surface area (Å²) in [5.74, 6) is 0. The summed E-state index contributed by atoms with van der Waals surface area (Å²) < 4.78 is -0.110. The Morgan fingerprint density at radius 1 is 1.47 bits per heavy atom. The first-order chi connectivity index (χ1) is 7.12. The summed E-state index contributed by atoms with van der Waals surface area (Å²) in [7, 11) is 0. The molecule has 1 aliphatic rings. The molecule has 0 aromatic heterocycles. The Kier molecular flexibility index (Phi) is 4.69. The van der Waals surface area contributed by atoms with E-state index in [1.54, 1.807) is 11.8 Å². The van der Waals surface area contributed by atoms with Gasteiger partial charge in [-0.25, -0.2) is 0 Å². The van der Waals surface area contributed by atoms with Crippen LogP contribution in [-0.4, -0.2) is 35.5 Å². The Hall–Kier alpha value is -0.460. The maximum absolute atomic E-state index is 9.14. The molecule has 2 nitrogen and oxygen atoms in total. The van der Waals surface area contributed by atoms with Gasteiger partial charge < -0.3 is 0 Å². The van der Waals surface area contributed by atoms with Gasteiger partial charge in [-0.1, -0.05) is 11.6 Å². The minimum Gasteiger partial charge on any atom is -0.300 e. The molecule has 15 heavy (non-hydrogen) atoms. The molecule has 1 aliphatic heterocycles. The van der Waals surface area contributed by atoms with Crippen LogP contribution in [0.3, 0.4) is 0 Å². The molecule has 0 bridgehead atoms. The van der Waals surface area contributed by atoms with Gasteiger partial charge in [0.2, 0.25) is 0 Å². The van der Waals surface area contributed by atoms with E-state index in [0.717, 1.165) is 32.5 Å². The fourth-order valence-corrected chi connectivity index (χ4v) is 2.45. The molecule has 0 aromatic rings. The summed E-state index contributed by atoms with van der Waals surface area (Å²) in [6.45, 7) is 7.41. The second kappa shape index (κ2) is 5.58. The van der Waals surface area contributed by atoms with E-state index < -0.39 is 0 Å². The normalized spacial score (nSPS) is 20.7. The van der Waals surface area contributed by atoms with Crippen molar-refractivity contribution in [3.63, 3.8) is 0 Å². The average Bonchev–Trinajstić information content (AvgIpc) is 2.27. The second-order valence-electron chi connectivity index (χ2n) is 4.39. The van der Waals surface area contributed by atoms with Crippen LogP contribution >= 0.6 is 11.8 Å². The molecular weight excluding hydrogens is 204 g/mol. The molecule has 3 heteroatoms.